The molecular formula is C24H24N4O4. The van der Waals surface area contributed by atoms with Gasteiger partial charge in [-0.2, -0.15) is 4.98 Å². The van der Waals surface area contributed by atoms with Crippen molar-refractivity contribution in [2.24, 2.45) is 0 Å². The highest BCUT2D eigenvalue weighted by Gasteiger charge is 2.37. The minimum Gasteiger partial charge on any atom is -0.493 e. The number of nitrogens with zero attached hydrogens (tertiary/aromatic N) is 3. The maximum absolute atomic E-state index is 12.9. The maximum atomic E-state index is 12.9. The molecule has 2 aromatic carbocycles. The first-order chi connectivity index (χ1) is 15.6. The number of hydrogen-bond acceptors (Lipinski definition) is 7. The van der Waals surface area contributed by atoms with Gasteiger partial charge in [0.1, 0.15) is 6.04 Å². The Morgan fingerprint density at radius 2 is 1.72 bits per heavy atom. The molecule has 0 saturated carbocycles. The number of methoxy groups -OCH3 is 3. The van der Waals surface area contributed by atoms with Gasteiger partial charge in [-0.25, -0.2) is 4.68 Å². The van der Waals surface area contributed by atoms with Gasteiger partial charge in [-0.05, 0) is 30.5 Å². The third-order valence-corrected chi connectivity index (χ3v) is 5.91. The van der Waals surface area contributed by atoms with E-state index in [1.54, 1.807) is 26.0 Å². The Morgan fingerprint density at radius 1 is 1.00 bits per heavy atom. The molecule has 3 aromatic rings. The summed E-state index contributed by atoms with van der Waals surface area (Å²) in [6.07, 6.45) is 2.20. The van der Waals surface area contributed by atoms with E-state index in [1.807, 2.05) is 42.5 Å². The molecule has 1 aromatic heterocycles. The first-order valence-electron chi connectivity index (χ1n) is 10.5. The monoisotopic (exact) mass is 432 g/mol. The molecule has 1 aliphatic heterocycles. The highest BCUT2D eigenvalue weighted by molar-refractivity contribution is 5.99. The van der Waals surface area contributed by atoms with Gasteiger partial charge < -0.3 is 19.5 Å². The smallest absolute Gasteiger partial charge is 0.226 e. The SMILES string of the molecule is COc1cc(-c2nc3n(n2)C(c2ccccc2)C2=C(CCCC2=O)N3)cc(OC)c1OC. The van der Waals surface area contributed by atoms with Crippen LogP contribution in [0.5, 0.6) is 17.2 Å². The number of anilines is 1. The summed E-state index contributed by atoms with van der Waals surface area (Å²) >= 11 is 0. The number of hydrogen-bond donors (Lipinski definition) is 1. The van der Waals surface area contributed by atoms with Crippen LogP contribution in [-0.2, 0) is 4.79 Å². The average molecular weight is 432 g/mol. The molecule has 1 N–H and O–H groups in total. The number of benzene rings is 2. The molecular weight excluding hydrogens is 408 g/mol. The Morgan fingerprint density at radius 3 is 2.38 bits per heavy atom. The minimum absolute atomic E-state index is 0.156. The molecule has 2 aliphatic rings. The molecule has 0 saturated heterocycles. The van der Waals surface area contributed by atoms with Crippen LogP contribution in [0.2, 0.25) is 0 Å². The molecule has 8 heteroatoms. The molecule has 0 spiro atoms. The van der Waals surface area contributed by atoms with Crippen LogP contribution in [0.4, 0.5) is 5.95 Å². The summed E-state index contributed by atoms with van der Waals surface area (Å²) in [5, 5.41) is 8.18. The first kappa shape index (κ1) is 20.1. The lowest BCUT2D eigenvalue weighted by Gasteiger charge is -2.32. The zero-order valence-corrected chi connectivity index (χ0v) is 18.2. The quantitative estimate of drug-likeness (QED) is 0.652. The van der Waals surface area contributed by atoms with Gasteiger partial charge >= 0.3 is 0 Å². The fourth-order valence-corrected chi connectivity index (χ4v) is 4.43. The van der Waals surface area contributed by atoms with Gasteiger partial charge in [0.15, 0.2) is 23.1 Å². The van der Waals surface area contributed by atoms with Crippen LogP contribution in [0.1, 0.15) is 30.9 Å². The molecule has 0 radical (unpaired) electrons. The van der Waals surface area contributed by atoms with Gasteiger partial charge in [0.05, 0.1) is 21.3 Å². The van der Waals surface area contributed by atoms with Crippen molar-refractivity contribution < 1.29 is 19.0 Å². The topological polar surface area (TPSA) is 87.5 Å². The van der Waals surface area contributed by atoms with Crippen LogP contribution < -0.4 is 19.5 Å². The summed E-state index contributed by atoms with van der Waals surface area (Å²) in [7, 11) is 4.71. The molecule has 1 atom stereocenters. The second-order valence-corrected chi connectivity index (χ2v) is 7.72. The van der Waals surface area contributed by atoms with Crippen LogP contribution in [0, 0.1) is 0 Å². The third kappa shape index (κ3) is 3.19. The van der Waals surface area contributed by atoms with E-state index in [1.165, 1.54) is 0 Å². The zero-order valence-electron chi connectivity index (χ0n) is 18.2. The lowest BCUT2D eigenvalue weighted by molar-refractivity contribution is -0.116. The van der Waals surface area contributed by atoms with E-state index in [2.05, 4.69) is 5.32 Å². The Bertz CT molecular complexity index is 1190. The minimum atomic E-state index is -0.321. The van der Waals surface area contributed by atoms with Crippen molar-refractivity contribution in [1.29, 1.82) is 0 Å². The number of Topliss-reactive ketones (excluding diaryl/α,β-unsaturated/α-hetero) is 1. The predicted octanol–water partition coefficient (Wildman–Crippen LogP) is 3.99. The third-order valence-electron chi connectivity index (χ3n) is 5.91. The normalized spacial score (nSPS) is 17.3. The molecule has 0 bridgehead atoms. The molecule has 1 aliphatic carbocycles. The van der Waals surface area contributed by atoms with Crippen molar-refractivity contribution in [2.75, 3.05) is 26.6 Å². The molecule has 5 rings (SSSR count). The Labute approximate surface area is 185 Å². The molecule has 164 valence electrons. The van der Waals surface area contributed by atoms with E-state index in [-0.39, 0.29) is 11.8 Å². The summed E-state index contributed by atoms with van der Waals surface area (Å²) in [5.41, 5.74) is 3.43. The largest absolute Gasteiger partial charge is 0.493 e. The lowest BCUT2D eigenvalue weighted by atomic mass is 9.85. The molecule has 0 amide bonds. The van der Waals surface area contributed by atoms with Crippen molar-refractivity contribution in [1.82, 2.24) is 14.8 Å². The summed E-state index contributed by atoms with van der Waals surface area (Å²) in [4.78, 5) is 17.7. The lowest BCUT2D eigenvalue weighted by Crippen LogP contribution is -2.31. The van der Waals surface area contributed by atoms with Gasteiger partial charge in [0, 0.05) is 23.3 Å². The number of ether oxygens (including phenoxy) is 3. The summed E-state index contributed by atoms with van der Waals surface area (Å²) in [6.45, 7) is 0. The maximum Gasteiger partial charge on any atom is 0.226 e. The van der Waals surface area contributed by atoms with Crippen molar-refractivity contribution in [3.05, 3.63) is 59.3 Å². The number of nitrogens with one attached hydrogen (secondary N) is 1. The first-order valence-corrected chi connectivity index (χ1v) is 10.5. The van der Waals surface area contributed by atoms with Crippen molar-refractivity contribution in [2.45, 2.75) is 25.3 Å². The van der Waals surface area contributed by atoms with Crippen LogP contribution in [0.25, 0.3) is 11.4 Å². The van der Waals surface area contributed by atoms with Crippen LogP contribution in [-0.4, -0.2) is 41.9 Å². The Kier molecular flexibility index (Phi) is 5.05. The Balaban J connectivity index is 1.66. The molecule has 8 nitrogen and oxygen atoms in total. The van der Waals surface area contributed by atoms with Crippen LogP contribution >= 0.6 is 0 Å². The zero-order chi connectivity index (χ0) is 22.2. The summed E-state index contributed by atoms with van der Waals surface area (Å²) < 4.78 is 18.2. The van der Waals surface area contributed by atoms with Crippen molar-refractivity contribution >= 4 is 11.7 Å². The van der Waals surface area contributed by atoms with E-state index in [0.717, 1.165) is 35.2 Å². The van der Waals surface area contributed by atoms with Crippen LogP contribution in [0.15, 0.2) is 53.7 Å². The fourth-order valence-electron chi connectivity index (χ4n) is 4.43. The van der Waals surface area contributed by atoms with Gasteiger partial charge in [0.25, 0.3) is 0 Å². The van der Waals surface area contributed by atoms with Crippen molar-refractivity contribution in [3.8, 4) is 28.6 Å². The fraction of sp³-hybridized carbons (Fsp3) is 0.292. The second kappa shape index (κ2) is 8.03. The Hall–Kier alpha value is -3.81. The number of rotatable bonds is 5. The highest BCUT2D eigenvalue weighted by Crippen LogP contribution is 2.43. The van der Waals surface area contributed by atoms with Gasteiger partial charge in [-0.3, -0.25) is 4.79 Å². The number of ketones is 1. The average Bonchev–Trinajstić information content (AvgIpc) is 3.26. The van der Waals surface area contributed by atoms with Gasteiger partial charge in [-0.1, -0.05) is 30.3 Å². The second-order valence-electron chi connectivity index (χ2n) is 7.72. The number of carbonyl (C=O) groups excluding carboxylic acids is 1. The number of carbonyl (C=O) groups is 1. The summed E-state index contributed by atoms with van der Waals surface area (Å²) in [5.74, 6) is 2.81. The van der Waals surface area contributed by atoms with E-state index in [9.17, 15) is 4.79 Å². The predicted molar refractivity (Wildman–Crippen MR) is 119 cm³/mol. The summed E-state index contributed by atoms with van der Waals surface area (Å²) in [6, 6.07) is 13.3. The van der Waals surface area contributed by atoms with E-state index in [4.69, 9.17) is 24.3 Å². The standard InChI is InChI=1S/C24H24N4O4/c1-30-18-12-15(13-19(31-2)22(18)32-3)23-26-24-25-16-10-7-11-17(29)20(16)21(28(24)27-23)14-8-5-4-6-9-14/h4-6,8-9,12-13,21H,7,10-11H2,1-3H3,(H,25,26,27). The molecule has 2 heterocycles. The van der Waals surface area contributed by atoms with Gasteiger partial charge in [-0.15, -0.1) is 5.10 Å². The molecule has 32 heavy (non-hydrogen) atoms. The number of fused-ring (bicyclic) bond motifs is 1. The molecule has 0 fully saturated rings. The van der Waals surface area contributed by atoms with E-state index >= 15 is 0 Å². The van der Waals surface area contributed by atoms with Crippen LogP contribution in [0.3, 0.4) is 0 Å². The van der Waals surface area contributed by atoms with E-state index in [0.29, 0.717) is 35.4 Å². The highest BCUT2D eigenvalue weighted by atomic mass is 16.5. The number of allylic oxidation sites excluding steroid dienone is 2. The van der Waals surface area contributed by atoms with Crippen molar-refractivity contribution in [3.63, 3.8) is 0 Å². The molecule has 1 unspecified atom stereocenters. The number of aromatic nitrogens is 3. The van der Waals surface area contributed by atoms with E-state index < -0.39 is 0 Å². The van der Waals surface area contributed by atoms with Gasteiger partial charge in [0.2, 0.25) is 11.7 Å².